The maximum absolute atomic E-state index is 12.4. The quantitative estimate of drug-likeness (QED) is 0.463. The Morgan fingerprint density at radius 2 is 1.82 bits per heavy atom. The number of imide groups is 1. The minimum absolute atomic E-state index is 0.153. The molecule has 0 atom stereocenters. The normalized spacial score (nSPS) is 14.5. The van der Waals surface area contributed by atoms with Crippen molar-refractivity contribution < 1.29 is 28.7 Å². The highest BCUT2D eigenvalue weighted by Gasteiger charge is 2.36. The van der Waals surface area contributed by atoms with Crippen LogP contribution in [0.3, 0.4) is 0 Å². The Bertz CT molecular complexity index is 1110. The lowest BCUT2D eigenvalue weighted by Crippen LogP contribution is -2.34. The lowest BCUT2D eigenvalue weighted by Gasteiger charge is -2.11. The molecule has 33 heavy (non-hydrogen) atoms. The number of benzene rings is 2. The van der Waals surface area contributed by atoms with Crippen molar-refractivity contribution in [3.05, 3.63) is 64.1 Å². The number of carbonyl (C=O) groups is 4. The van der Waals surface area contributed by atoms with Gasteiger partial charge in [-0.25, -0.2) is 0 Å². The highest BCUT2D eigenvalue weighted by atomic mass is 32.2. The largest absolute Gasteiger partial charge is 0.484 e. The molecule has 1 fully saturated rings. The minimum Gasteiger partial charge on any atom is -0.484 e. The van der Waals surface area contributed by atoms with E-state index in [2.05, 4.69) is 5.32 Å². The van der Waals surface area contributed by atoms with E-state index < -0.39 is 23.7 Å². The molecule has 8 nitrogen and oxygen atoms in total. The molecule has 0 bridgehead atoms. The molecule has 0 aromatic heterocycles. The van der Waals surface area contributed by atoms with Gasteiger partial charge in [0.1, 0.15) is 12.3 Å². The predicted molar refractivity (Wildman–Crippen MR) is 126 cm³/mol. The van der Waals surface area contributed by atoms with Crippen LogP contribution in [0.2, 0.25) is 0 Å². The number of esters is 1. The summed E-state index contributed by atoms with van der Waals surface area (Å²) < 4.78 is 10.3. The fourth-order valence-corrected chi connectivity index (χ4v) is 3.83. The molecule has 1 heterocycles. The predicted octanol–water partition coefficient (Wildman–Crippen LogP) is 3.92. The Hall–Kier alpha value is -3.59. The van der Waals surface area contributed by atoms with Crippen LogP contribution in [-0.4, -0.2) is 47.7 Å². The maximum atomic E-state index is 12.4. The summed E-state index contributed by atoms with van der Waals surface area (Å²) in [5.74, 6) is -0.965. The van der Waals surface area contributed by atoms with Crippen molar-refractivity contribution in [2.24, 2.45) is 0 Å². The van der Waals surface area contributed by atoms with Crippen molar-refractivity contribution in [1.82, 2.24) is 4.90 Å². The number of ether oxygens (including phenoxy) is 2. The van der Waals surface area contributed by atoms with Gasteiger partial charge in [-0.3, -0.25) is 24.1 Å². The van der Waals surface area contributed by atoms with E-state index in [0.717, 1.165) is 33.5 Å². The van der Waals surface area contributed by atoms with Crippen LogP contribution in [0, 0.1) is 13.8 Å². The van der Waals surface area contributed by atoms with E-state index in [4.69, 9.17) is 9.47 Å². The smallest absolute Gasteiger partial charge is 0.326 e. The summed E-state index contributed by atoms with van der Waals surface area (Å²) in [4.78, 5) is 49.4. The van der Waals surface area contributed by atoms with E-state index in [1.54, 1.807) is 37.3 Å². The van der Waals surface area contributed by atoms with E-state index in [1.165, 1.54) is 0 Å². The van der Waals surface area contributed by atoms with Gasteiger partial charge in [0.15, 0.2) is 6.61 Å². The number of aryl methyl sites for hydroxylation is 2. The third-order valence-corrected chi connectivity index (χ3v) is 5.59. The van der Waals surface area contributed by atoms with E-state index in [0.29, 0.717) is 11.3 Å². The number of rotatable bonds is 8. The average molecular weight is 469 g/mol. The highest BCUT2D eigenvalue weighted by molar-refractivity contribution is 8.18. The number of nitrogens with zero attached hydrogens (tertiary/aromatic N) is 1. The number of anilines is 1. The van der Waals surface area contributed by atoms with E-state index in [-0.39, 0.29) is 24.0 Å². The van der Waals surface area contributed by atoms with Crippen LogP contribution in [0.4, 0.5) is 10.5 Å². The molecule has 0 aliphatic carbocycles. The van der Waals surface area contributed by atoms with Crippen molar-refractivity contribution in [1.29, 1.82) is 0 Å². The molecule has 1 saturated heterocycles. The Labute approximate surface area is 195 Å². The van der Waals surface area contributed by atoms with Crippen molar-refractivity contribution in [2.75, 3.05) is 25.1 Å². The summed E-state index contributed by atoms with van der Waals surface area (Å²) in [5, 5.41) is 2.31. The van der Waals surface area contributed by atoms with Gasteiger partial charge in [-0.15, -0.1) is 0 Å². The summed E-state index contributed by atoms with van der Waals surface area (Å²) in [6, 6.07) is 12.6. The van der Waals surface area contributed by atoms with Gasteiger partial charge in [0, 0.05) is 5.69 Å². The number of hydrogen-bond donors (Lipinski definition) is 1. The van der Waals surface area contributed by atoms with E-state index in [1.807, 2.05) is 32.0 Å². The number of nitrogens with one attached hydrogen (secondary N) is 1. The van der Waals surface area contributed by atoms with Crippen LogP contribution in [0.5, 0.6) is 5.75 Å². The van der Waals surface area contributed by atoms with Crippen molar-refractivity contribution >= 4 is 46.5 Å². The topological polar surface area (TPSA) is 102 Å². The second kappa shape index (κ2) is 10.8. The first-order valence-electron chi connectivity index (χ1n) is 10.3. The van der Waals surface area contributed by atoms with Gasteiger partial charge in [0.05, 0.1) is 11.5 Å². The monoisotopic (exact) mass is 468 g/mol. The molecule has 0 spiro atoms. The van der Waals surface area contributed by atoms with Crippen LogP contribution in [0.15, 0.2) is 47.4 Å². The molecule has 3 amide bonds. The number of hydrogen-bond acceptors (Lipinski definition) is 7. The molecule has 172 valence electrons. The zero-order valence-corrected chi connectivity index (χ0v) is 19.4. The summed E-state index contributed by atoms with van der Waals surface area (Å²) >= 11 is 0.765. The Balaban J connectivity index is 1.56. The average Bonchev–Trinajstić information content (AvgIpc) is 3.03. The van der Waals surface area contributed by atoms with E-state index in [9.17, 15) is 19.2 Å². The molecule has 2 aromatic carbocycles. The molecular weight excluding hydrogens is 444 g/mol. The maximum Gasteiger partial charge on any atom is 0.326 e. The molecular formula is C24H24N2O6S. The molecule has 1 N–H and O–H groups in total. The van der Waals surface area contributed by atoms with Gasteiger partial charge in [-0.1, -0.05) is 24.3 Å². The lowest BCUT2D eigenvalue weighted by atomic mass is 10.1. The van der Waals surface area contributed by atoms with Gasteiger partial charge < -0.3 is 14.8 Å². The SMILES string of the molecule is CCOC(=O)CN1C(=O)S/C(=C\c2ccc(OCC(=O)Nc3cc(C)ccc3C)cc2)C1=O. The standard InChI is InChI=1S/C24H24N2O6S/c1-4-31-22(28)13-26-23(29)20(33-24(26)30)12-17-7-9-18(10-8-17)32-14-21(27)25-19-11-15(2)5-6-16(19)3/h5-12H,4,13-14H2,1-3H3,(H,25,27)/b20-12-. The summed E-state index contributed by atoms with van der Waals surface area (Å²) in [7, 11) is 0. The zero-order valence-electron chi connectivity index (χ0n) is 18.5. The van der Waals surface area contributed by atoms with Gasteiger partial charge in [-0.05, 0) is 73.5 Å². The number of carbonyl (C=O) groups excluding carboxylic acids is 4. The van der Waals surface area contributed by atoms with Crippen LogP contribution in [-0.2, 0) is 19.1 Å². The molecule has 1 aliphatic rings. The van der Waals surface area contributed by atoms with Gasteiger partial charge in [0.2, 0.25) is 0 Å². The molecule has 9 heteroatoms. The van der Waals surface area contributed by atoms with E-state index >= 15 is 0 Å². The second-order valence-corrected chi connectivity index (χ2v) is 8.29. The number of thioether (sulfide) groups is 1. The minimum atomic E-state index is -0.635. The molecule has 0 unspecified atom stereocenters. The first kappa shape index (κ1) is 24.1. The Morgan fingerprint density at radius 1 is 1.09 bits per heavy atom. The van der Waals surface area contributed by atoms with Crippen molar-refractivity contribution in [2.45, 2.75) is 20.8 Å². The van der Waals surface area contributed by atoms with Gasteiger partial charge >= 0.3 is 5.97 Å². The molecule has 0 radical (unpaired) electrons. The van der Waals surface area contributed by atoms with Gasteiger partial charge in [0.25, 0.3) is 17.1 Å². The summed E-state index contributed by atoms with van der Waals surface area (Å²) in [6.07, 6.45) is 1.56. The van der Waals surface area contributed by atoms with Crippen molar-refractivity contribution in [3.63, 3.8) is 0 Å². The van der Waals surface area contributed by atoms with Gasteiger partial charge in [-0.2, -0.15) is 0 Å². The highest BCUT2D eigenvalue weighted by Crippen LogP contribution is 2.32. The number of amides is 3. The second-order valence-electron chi connectivity index (χ2n) is 7.30. The van der Waals surface area contributed by atoms with Crippen LogP contribution in [0.25, 0.3) is 6.08 Å². The fourth-order valence-electron chi connectivity index (χ4n) is 2.99. The zero-order chi connectivity index (χ0) is 24.0. The van der Waals surface area contributed by atoms with Crippen LogP contribution >= 0.6 is 11.8 Å². The molecule has 0 saturated carbocycles. The molecule has 2 aromatic rings. The first-order valence-corrected chi connectivity index (χ1v) is 11.1. The Morgan fingerprint density at radius 3 is 2.52 bits per heavy atom. The fraction of sp³-hybridized carbons (Fsp3) is 0.250. The molecule has 1 aliphatic heterocycles. The van der Waals surface area contributed by atoms with Crippen LogP contribution in [0.1, 0.15) is 23.6 Å². The molecule has 3 rings (SSSR count). The third kappa shape index (κ3) is 6.45. The first-order chi connectivity index (χ1) is 15.8. The third-order valence-electron chi connectivity index (χ3n) is 4.68. The Kier molecular flexibility index (Phi) is 7.89. The van der Waals surface area contributed by atoms with Crippen LogP contribution < -0.4 is 10.1 Å². The van der Waals surface area contributed by atoms with Crippen molar-refractivity contribution in [3.8, 4) is 5.75 Å². The summed E-state index contributed by atoms with van der Waals surface area (Å²) in [5.41, 5.74) is 3.43. The lowest BCUT2D eigenvalue weighted by molar-refractivity contribution is -0.146. The summed E-state index contributed by atoms with van der Waals surface area (Å²) in [6.45, 7) is 5.13.